The van der Waals surface area contributed by atoms with Crippen molar-refractivity contribution in [3.05, 3.63) is 48.9 Å². The van der Waals surface area contributed by atoms with Gasteiger partial charge in [-0.1, -0.05) is 12.2 Å². The average Bonchev–Trinajstić information content (AvgIpc) is 2.66. The van der Waals surface area contributed by atoms with Crippen LogP contribution in [0, 0.1) is 23.7 Å². The van der Waals surface area contributed by atoms with Crippen LogP contribution < -0.4 is 0 Å². The fourth-order valence-electron chi connectivity index (χ4n) is 4.83. The second-order valence-corrected chi connectivity index (χ2v) is 7.34. The molecule has 3 saturated heterocycles. The van der Waals surface area contributed by atoms with E-state index in [0.717, 1.165) is 31.0 Å². The molecule has 4 heteroatoms. The first kappa shape index (κ1) is 15.9. The molecule has 0 radical (unpaired) electrons. The Hall–Kier alpha value is -1.65. The molecule has 24 heavy (non-hydrogen) atoms. The van der Waals surface area contributed by atoms with E-state index in [0.29, 0.717) is 11.8 Å². The molecule has 0 saturated carbocycles. The molecule has 1 aliphatic carbocycles. The smallest absolute Gasteiger partial charge is 0.115 e. The molecular weight excluding hydrogens is 300 g/mol. The predicted molar refractivity (Wildman–Crippen MR) is 95.6 cm³/mol. The maximum absolute atomic E-state index is 11.2. The molecule has 128 valence electrons. The van der Waals surface area contributed by atoms with Gasteiger partial charge in [0.15, 0.2) is 0 Å². The molecule has 7 atom stereocenters. The van der Waals surface area contributed by atoms with Crippen molar-refractivity contribution in [3.63, 3.8) is 0 Å². The van der Waals surface area contributed by atoms with Crippen molar-refractivity contribution >= 4 is 5.71 Å². The predicted octanol–water partition coefficient (Wildman–Crippen LogP) is 2.54. The van der Waals surface area contributed by atoms with Gasteiger partial charge in [-0.15, -0.1) is 6.58 Å². The minimum absolute atomic E-state index is 0.0548. The molecule has 0 aromatic carbocycles. The van der Waals surface area contributed by atoms with E-state index in [1.165, 1.54) is 6.42 Å². The van der Waals surface area contributed by atoms with Gasteiger partial charge in [-0.3, -0.25) is 9.89 Å². The largest absolute Gasteiger partial charge is 0.497 e. The Labute approximate surface area is 143 Å². The van der Waals surface area contributed by atoms with Crippen LogP contribution in [0.15, 0.2) is 53.9 Å². The first-order valence-corrected chi connectivity index (χ1v) is 8.94. The van der Waals surface area contributed by atoms with Crippen LogP contribution in [0.25, 0.3) is 0 Å². The first-order valence-electron chi connectivity index (χ1n) is 8.94. The number of aliphatic hydroxyl groups excluding tert-OH is 1. The van der Waals surface area contributed by atoms with E-state index in [2.05, 4.69) is 34.7 Å². The highest BCUT2D eigenvalue weighted by Gasteiger charge is 2.45. The van der Waals surface area contributed by atoms with Gasteiger partial charge >= 0.3 is 0 Å². The van der Waals surface area contributed by atoms with E-state index >= 15 is 0 Å². The molecule has 0 aromatic heterocycles. The third-order valence-corrected chi connectivity index (χ3v) is 6.23. The number of ether oxygens (including phenoxy) is 1. The van der Waals surface area contributed by atoms with Gasteiger partial charge < -0.3 is 9.84 Å². The maximum atomic E-state index is 11.2. The number of rotatable bonds is 4. The van der Waals surface area contributed by atoms with Crippen LogP contribution in [0.1, 0.15) is 12.8 Å². The number of fused-ring (bicyclic) bond motifs is 4. The van der Waals surface area contributed by atoms with Gasteiger partial charge in [-0.05, 0) is 49.5 Å². The summed E-state index contributed by atoms with van der Waals surface area (Å²) in [7, 11) is 1.68. The van der Waals surface area contributed by atoms with Gasteiger partial charge in [0.25, 0.3) is 0 Å². The fraction of sp³-hybridized carbons (Fsp3) is 0.550. The van der Waals surface area contributed by atoms with Crippen LogP contribution in [-0.4, -0.2) is 48.1 Å². The molecule has 0 spiro atoms. The second-order valence-electron chi connectivity index (χ2n) is 7.34. The lowest BCUT2D eigenvalue weighted by molar-refractivity contribution is -0.0594. The maximum Gasteiger partial charge on any atom is 0.115 e. The fourth-order valence-corrected chi connectivity index (χ4v) is 4.83. The van der Waals surface area contributed by atoms with Gasteiger partial charge in [0.05, 0.1) is 13.2 Å². The lowest BCUT2D eigenvalue weighted by Gasteiger charge is -2.52. The van der Waals surface area contributed by atoms with Gasteiger partial charge in [0.1, 0.15) is 5.76 Å². The number of piperidine rings is 3. The molecule has 4 heterocycles. The monoisotopic (exact) mass is 326 g/mol. The zero-order chi connectivity index (χ0) is 16.7. The Balaban J connectivity index is 1.55. The standard InChI is InChI=1S/C20H26N2O2/c1-3-13-12-22-9-7-14(13)10-19(22)20(23)16-6-8-21-18-5-4-15(24-2)11-17(16)18/h3-6,8,11,13-14,16-17,19-20,23H,1,7,9-10,12H2,2H3. The molecule has 5 rings (SSSR count). The summed E-state index contributed by atoms with van der Waals surface area (Å²) in [6.07, 6.45) is 14.0. The van der Waals surface area contributed by atoms with Crippen molar-refractivity contribution in [1.29, 1.82) is 0 Å². The van der Waals surface area contributed by atoms with E-state index in [-0.39, 0.29) is 24.0 Å². The van der Waals surface area contributed by atoms with Crippen LogP contribution in [-0.2, 0) is 4.74 Å². The Morgan fingerprint density at radius 3 is 3.04 bits per heavy atom. The summed E-state index contributed by atoms with van der Waals surface area (Å²) in [5, 5.41) is 11.2. The number of aliphatic hydroxyl groups is 1. The van der Waals surface area contributed by atoms with Crippen molar-refractivity contribution in [2.75, 3.05) is 20.2 Å². The van der Waals surface area contributed by atoms with Crippen LogP contribution in [0.4, 0.5) is 0 Å². The third-order valence-electron chi connectivity index (χ3n) is 6.23. The summed E-state index contributed by atoms with van der Waals surface area (Å²) < 4.78 is 5.38. The molecule has 0 amide bonds. The molecule has 4 aliphatic heterocycles. The SMILES string of the molecule is C=CC1CN2CCC1CC2C(O)C1C=CN=C2C=CC(OC)=CC21. The second kappa shape index (κ2) is 6.34. The molecule has 1 N–H and O–H groups in total. The van der Waals surface area contributed by atoms with Crippen molar-refractivity contribution in [1.82, 2.24) is 4.90 Å². The highest BCUT2D eigenvalue weighted by atomic mass is 16.5. The summed E-state index contributed by atoms with van der Waals surface area (Å²) >= 11 is 0. The van der Waals surface area contributed by atoms with Gasteiger partial charge in [-0.2, -0.15) is 0 Å². The van der Waals surface area contributed by atoms with Gasteiger partial charge in [-0.25, -0.2) is 0 Å². The highest BCUT2D eigenvalue weighted by Crippen LogP contribution is 2.41. The summed E-state index contributed by atoms with van der Waals surface area (Å²) in [4.78, 5) is 6.95. The Kier molecular flexibility index (Phi) is 4.19. The Morgan fingerprint density at radius 1 is 1.46 bits per heavy atom. The van der Waals surface area contributed by atoms with Crippen molar-refractivity contribution in [2.45, 2.75) is 25.0 Å². The highest BCUT2D eigenvalue weighted by molar-refractivity contribution is 6.00. The lowest BCUT2D eigenvalue weighted by atomic mass is 9.70. The Morgan fingerprint density at radius 2 is 2.33 bits per heavy atom. The number of methoxy groups -OCH3 is 1. The zero-order valence-corrected chi connectivity index (χ0v) is 14.2. The van der Waals surface area contributed by atoms with Crippen molar-refractivity contribution in [3.8, 4) is 0 Å². The molecule has 5 aliphatic rings. The Bertz CT molecular complexity index is 634. The van der Waals surface area contributed by atoms with Crippen LogP contribution in [0.2, 0.25) is 0 Å². The van der Waals surface area contributed by atoms with Gasteiger partial charge in [0.2, 0.25) is 0 Å². The summed E-state index contributed by atoms with van der Waals surface area (Å²) in [6.45, 7) is 6.12. The van der Waals surface area contributed by atoms with Crippen molar-refractivity contribution < 1.29 is 9.84 Å². The molecule has 0 aromatic rings. The molecule has 2 bridgehead atoms. The minimum atomic E-state index is -0.383. The number of hydrogen-bond donors (Lipinski definition) is 1. The normalized spacial score (nSPS) is 41.2. The van der Waals surface area contributed by atoms with E-state index in [9.17, 15) is 5.11 Å². The number of hydrogen-bond acceptors (Lipinski definition) is 4. The molecule has 7 unspecified atom stereocenters. The zero-order valence-electron chi connectivity index (χ0n) is 14.2. The average molecular weight is 326 g/mol. The minimum Gasteiger partial charge on any atom is -0.497 e. The summed E-state index contributed by atoms with van der Waals surface area (Å²) in [6, 6.07) is 0.235. The molecular formula is C20H26N2O2. The number of aliphatic imine (C=N–C) groups is 1. The van der Waals surface area contributed by atoms with E-state index in [4.69, 9.17) is 4.74 Å². The van der Waals surface area contributed by atoms with E-state index in [1.807, 2.05) is 18.4 Å². The van der Waals surface area contributed by atoms with Crippen molar-refractivity contribution in [2.24, 2.45) is 28.7 Å². The quantitative estimate of drug-likeness (QED) is 0.808. The summed E-state index contributed by atoms with van der Waals surface area (Å²) in [5.74, 6) is 2.26. The number of nitrogens with zero attached hydrogens (tertiary/aromatic N) is 2. The molecule has 4 nitrogen and oxygen atoms in total. The lowest BCUT2D eigenvalue weighted by Crippen LogP contribution is -2.59. The number of allylic oxidation sites excluding steroid dienone is 3. The van der Waals surface area contributed by atoms with E-state index in [1.54, 1.807) is 7.11 Å². The van der Waals surface area contributed by atoms with E-state index < -0.39 is 0 Å². The first-order chi connectivity index (χ1) is 11.7. The topological polar surface area (TPSA) is 45.1 Å². The van der Waals surface area contributed by atoms with Crippen LogP contribution >= 0.6 is 0 Å². The summed E-state index contributed by atoms with van der Waals surface area (Å²) in [5.41, 5.74) is 1.02. The third kappa shape index (κ3) is 2.58. The van der Waals surface area contributed by atoms with Crippen LogP contribution in [0.3, 0.4) is 0 Å². The molecule has 3 fully saturated rings. The van der Waals surface area contributed by atoms with Crippen LogP contribution in [0.5, 0.6) is 0 Å². The van der Waals surface area contributed by atoms with Gasteiger partial charge in [0, 0.05) is 36.3 Å².